The van der Waals surface area contributed by atoms with E-state index >= 15 is 0 Å². The van der Waals surface area contributed by atoms with Gasteiger partial charge in [0.1, 0.15) is 5.69 Å². The standard InChI is InChI=1S/C25H41N7O/c1-16-17(2)29-22-21(28-16)20(18-8-10-24(3,4)11-9-18)30-23(31-22)32-12-13-33-19(14-32)25(5,6)15-27-26-7/h15,17-19,26H,8-14H2,1-7H3,(H,29,30,31)/b27-15-. The Hall–Kier alpha value is -2.22. The van der Waals surface area contributed by atoms with E-state index in [1.807, 2.05) is 13.3 Å². The Morgan fingerprint density at radius 1 is 1.24 bits per heavy atom. The van der Waals surface area contributed by atoms with Crippen LogP contribution in [0.2, 0.25) is 0 Å². The number of hydrazone groups is 1. The predicted molar refractivity (Wildman–Crippen MR) is 136 cm³/mol. The molecule has 3 heterocycles. The van der Waals surface area contributed by atoms with Gasteiger partial charge in [-0.25, -0.2) is 4.98 Å². The quantitative estimate of drug-likeness (QED) is 0.502. The molecule has 3 aliphatic rings. The van der Waals surface area contributed by atoms with Gasteiger partial charge in [0.05, 0.1) is 24.4 Å². The van der Waals surface area contributed by atoms with Crippen LogP contribution in [0.1, 0.15) is 78.8 Å². The number of morpholine rings is 1. The van der Waals surface area contributed by atoms with Crippen molar-refractivity contribution in [1.29, 1.82) is 0 Å². The molecule has 0 bridgehead atoms. The van der Waals surface area contributed by atoms with E-state index in [-0.39, 0.29) is 17.6 Å². The Morgan fingerprint density at radius 3 is 2.67 bits per heavy atom. The summed E-state index contributed by atoms with van der Waals surface area (Å²) in [7, 11) is 1.81. The summed E-state index contributed by atoms with van der Waals surface area (Å²) >= 11 is 0. The van der Waals surface area contributed by atoms with Crippen LogP contribution < -0.4 is 15.6 Å². The van der Waals surface area contributed by atoms with Crippen LogP contribution in [0.4, 0.5) is 17.5 Å². The van der Waals surface area contributed by atoms with Crippen LogP contribution in [0, 0.1) is 10.8 Å². The van der Waals surface area contributed by atoms with Gasteiger partial charge in [-0.05, 0) is 44.9 Å². The molecule has 2 fully saturated rings. The molecular formula is C25H41N7O. The molecule has 0 amide bonds. The summed E-state index contributed by atoms with van der Waals surface area (Å²) in [6.07, 6.45) is 6.69. The number of aliphatic imine (C=N–C) groups is 1. The second kappa shape index (κ2) is 9.20. The van der Waals surface area contributed by atoms with Crippen molar-refractivity contribution in [3.63, 3.8) is 0 Å². The molecule has 2 N–H and O–H groups in total. The van der Waals surface area contributed by atoms with Crippen LogP contribution in [0.25, 0.3) is 0 Å². The Morgan fingerprint density at radius 2 is 1.97 bits per heavy atom. The zero-order valence-electron chi connectivity index (χ0n) is 21.4. The third-order valence-corrected chi connectivity index (χ3v) is 7.60. The molecule has 8 heteroatoms. The molecular weight excluding hydrogens is 414 g/mol. The molecule has 182 valence electrons. The second-order valence-electron chi connectivity index (χ2n) is 11.3. The van der Waals surface area contributed by atoms with Crippen molar-refractivity contribution in [2.45, 2.75) is 85.3 Å². The molecule has 2 atom stereocenters. The Bertz CT molecular complexity index is 914. The predicted octanol–water partition coefficient (Wildman–Crippen LogP) is 4.50. The fourth-order valence-corrected chi connectivity index (χ4v) is 4.95. The van der Waals surface area contributed by atoms with Gasteiger partial charge in [0, 0.05) is 43.4 Å². The fraction of sp³-hybridized carbons (Fsp3) is 0.760. The van der Waals surface area contributed by atoms with E-state index in [0.29, 0.717) is 17.9 Å². The molecule has 8 nitrogen and oxygen atoms in total. The van der Waals surface area contributed by atoms with Gasteiger partial charge in [-0.2, -0.15) is 10.1 Å². The fourth-order valence-electron chi connectivity index (χ4n) is 4.95. The van der Waals surface area contributed by atoms with E-state index in [2.05, 4.69) is 62.3 Å². The summed E-state index contributed by atoms with van der Waals surface area (Å²) in [5.74, 6) is 2.09. The van der Waals surface area contributed by atoms with E-state index in [1.54, 1.807) is 0 Å². The molecule has 2 aliphatic heterocycles. The number of aromatic nitrogens is 2. The summed E-state index contributed by atoms with van der Waals surface area (Å²) in [6, 6.07) is 0.174. The molecule has 1 saturated carbocycles. The first kappa shape index (κ1) is 23.9. The van der Waals surface area contributed by atoms with E-state index in [9.17, 15) is 0 Å². The topological polar surface area (TPSA) is 87.0 Å². The van der Waals surface area contributed by atoms with Crippen LogP contribution in [0.5, 0.6) is 0 Å². The zero-order chi connectivity index (χ0) is 23.8. The minimum Gasteiger partial charge on any atom is -0.374 e. The van der Waals surface area contributed by atoms with E-state index in [4.69, 9.17) is 19.7 Å². The van der Waals surface area contributed by atoms with Crippen molar-refractivity contribution < 1.29 is 4.74 Å². The molecule has 1 aliphatic carbocycles. The number of hydrogen-bond acceptors (Lipinski definition) is 8. The highest BCUT2D eigenvalue weighted by molar-refractivity contribution is 5.96. The van der Waals surface area contributed by atoms with Crippen molar-refractivity contribution in [1.82, 2.24) is 15.4 Å². The smallest absolute Gasteiger partial charge is 0.227 e. The summed E-state index contributed by atoms with van der Waals surface area (Å²) in [6.45, 7) is 15.5. The van der Waals surface area contributed by atoms with Crippen molar-refractivity contribution >= 4 is 29.4 Å². The Kier molecular flexibility index (Phi) is 6.67. The monoisotopic (exact) mass is 455 g/mol. The normalized spacial score (nSPS) is 26.0. The van der Waals surface area contributed by atoms with E-state index < -0.39 is 0 Å². The molecule has 4 rings (SSSR count). The molecule has 1 aromatic rings. The van der Waals surface area contributed by atoms with Crippen LogP contribution in [0.3, 0.4) is 0 Å². The SMILES string of the molecule is CN/N=C\C(C)(C)C1CN(c2nc3c(c(C4CCC(C)(C)CC4)n2)N=C(C)C(C)N3)CCO1. The van der Waals surface area contributed by atoms with Gasteiger partial charge in [-0.3, -0.25) is 4.99 Å². The maximum Gasteiger partial charge on any atom is 0.227 e. The van der Waals surface area contributed by atoms with Crippen molar-refractivity contribution in [2.75, 3.05) is 37.0 Å². The van der Waals surface area contributed by atoms with Gasteiger partial charge in [0.25, 0.3) is 0 Å². The van der Waals surface area contributed by atoms with Crippen molar-refractivity contribution in [3.8, 4) is 0 Å². The molecule has 0 spiro atoms. The maximum atomic E-state index is 6.15. The van der Waals surface area contributed by atoms with Gasteiger partial charge in [-0.15, -0.1) is 0 Å². The zero-order valence-corrected chi connectivity index (χ0v) is 21.4. The van der Waals surface area contributed by atoms with Gasteiger partial charge in [0.15, 0.2) is 5.82 Å². The first-order valence-electron chi connectivity index (χ1n) is 12.4. The first-order chi connectivity index (χ1) is 15.6. The summed E-state index contributed by atoms with van der Waals surface area (Å²) in [4.78, 5) is 17.4. The number of rotatable bonds is 5. The highest BCUT2D eigenvalue weighted by Crippen LogP contribution is 2.46. The molecule has 0 aromatic carbocycles. The number of nitrogens with one attached hydrogen (secondary N) is 2. The van der Waals surface area contributed by atoms with Crippen LogP contribution in [-0.4, -0.2) is 60.8 Å². The molecule has 1 aromatic heterocycles. The van der Waals surface area contributed by atoms with Gasteiger partial charge >= 0.3 is 0 Å². The second-order valence-corrected chi connectivity index (χ2v) is 11.3. The minimum absolute atomic E-state index is 0.00839. The van der Waals surface area contributed by atoms with Crippen LogP contribution in [-0.2, 0) is 4.74 Å². The number of anilines is 2. The number of ether oxygens (including phenoxy) is 1. The van der Waals surface area contributed by atoms with Crippen LogP contribution >= 0.6 is 0 Å². The van der Waals surface area contributed by atoms with E-state index in [0.717, 1.165) is 54.8 Å². The molecule has 1 saturated heterocycles. The highest BCUT2D eigenvalue weighted by atomic mass is 16.5. The molecule has 0 radical (unpaired) electrons. The molecule has 2 unspecified atom stereocenters. The summed E-state index contributed by atoms with van der Waals surface area (Å²) in [5, 5.41) is 7.83. The van der Waals surface area contributed by atoms with Crippen molar-refractivity contribution in [3.05, 3.63) is 5.69 Å². The van der Waals surface area contributed by atoms with Gasteiger partial charge < -0.3 is 20.4 Å². The third-order valence-electron chi connectivity index (χ3n) is 7.60. The van der Waals surface area contributed by atoms with E-state index in [1.165, 1.54) is 12.8 Å². The lowest BCUT2D eigenvalue weighted by Gasteiger charge is -2.40. The number of fused-ring (bicyclic) bond motifs is 1. The lowest BCUT2D eigenvalue weighted by Crippen LogP contribution is -2.50. The summed E-state index contributed by atoms with van der Waals surface area (Å²) in [5.41, 5.74) is 6.21. The average molecular weight is 456 g/mol. The average Bonchev–Trinajstić information content (AvgIpc) is 2.78. The number of hydrogen-bond donors (Lipinski definition) is 2. The first-order valence-corrected chi connectivity index (χ1v) is 12.4. The largest absolute Gasteiger partial charge is 0.374 e. The van der Waals surface area contributed by atoms with Gasteiger partial charge in [0.2, 0.25) is 5.95 Å². The number of nitrogens with zero attached hydrogens (tertiary/aromatic N) is 5. The Labute approximate surface area is 198 Å². The van der Waals surface area contributed by atoms with Gasteiger partial charge in [-0.1, -0.05) is 27.7 Å². The molecule has 33 heavy (non-hydrogen) atoms. The van der Waals surface area contributed by atoms with Crippen LogP contribution in [0.15, 0.2) is 10.1 Å². The highest BCUT2D eigenvalue weighted by Gasteiger charge is 2.36. The lowest BCUT2D eigenvalue weighted by atomic mass is 9.72. The Balaban J connectivity index is 1.66. The minimum atomic E-state index is -0.207. The summed E-state index contributed by atoms with van der Waals surface area (Å²) < 4.78 is 6.15. The third kappa shape index (κ3) is 5.15. The maximum absolute atomic E-state index is 6.15. The lowest BCUT2D eigenvalue weighted by molar-refractivity contribution is -0.00680. The van der Waals surface area contributed by atoms with Crippen molar-refractivity contribution in [2.24, 2.45) is 20.9 Å².